The van der Waals surface area contributed by atoms with Gasteiger partial charge in [0.05, 0.1) is 0 Å². The first-order valence-corrected chi connectivity index (χ1v) is 7.88. The van der Waals surface area contributed by atoms with Crippen molar-refractivity contribution >= 4 is 0 Å². The van der Waals surface area contributed by atoms with Crippen LogP contribution in [0.5, 0.6) is 0 Å². The van der Waals surface area contributed by atoms with E-state index < -0.39 is 0 Å². The Morgan fingerprint density at radius 1 is 1.40 bits per heavy atom. The third kappa shape index (κ3) is 3.58. The minimum atomic E-state index is 0.403. The monoisotopic (exact) mass is 275 g/mol. The maximum atomic E-state index is 4.42. The normalized spacial score (nSPS) is 25.2. The molecule has 3 heteroatoms. The molecule has 0 spiro atoms. The third-order valence-corrected chi connectivity index (χ3v) is 4.75. The Morgan fingerprint density at radius 2 is 2.20 bits per heavy atom. The van der Waals surface area contributed by atoms with Gasteiger partial charge in [-0.3, -0.25) is 4.98 Å². The van der Waals surface area contributed by atoms with Gasteiger partial charge in [-0.25, -0.2) is 0 Å². The van der Waals surface area contributed by atoms with Crippen LogP contribution in [-0.4, -0.2) is 42.1 Å². The fourth-order valence-electron chi connectivity index (χ4n) is 3.47. The maximum absolute atomic E-state index is 4.42. The first-order valence-electron chi connectivity index (χ1n) is 7.88. The lowest BCUT2D eigenvalue weighted by Gasteiger charge is -2.36. The van der Waals surface area contributed by atoms with E-state index in [9.17, 15) is 0 Å². The van der Waals surface area contributed by atoms with E-state index in [1.807, 2.05) is 12.3 Å². The van der Waals surface area contributed by atoms with Gasteiger partial charge in [0.2, 0.25) is 0 Å². The number of hydrogen-bond acceptors (Lipinski definition) is 3. The molecule has 1 aliphatic carbocycles. The fourth-order valence-corrected chi connectivity index (χ4v) is 3.47. The first-order chi connectivity index (χ1) is 9.54. The number of likely N-dealkylation sites (N-methyl/N-ethyl adjacent to an activating group) is 2. The van der Waals surface area contributed by atoms with E-state index in [0.29, 0.717) is 17.5 Å². The molecule has 1 saturated carbocycles. The highest BCUT2D eigenvalue weighted by molar-refractivity contribution is 5.05. The van der Waals surface area contributed by atoms with E-state index in [2.05, 4.69) is 55.2 Å². The van der Waals surface area contributed by atoms with Gasteiger partial charge in [-0.2, -0.15) is 0 Å². The van der Waals surface area contributed by atoms with Gasteiger partial charge in [0, 0.05) is 36.9 Å². The topological polar surface area (TPSA) is 28.2 Å². The van der Waals surface area contributed by atoms with Gasteiger partial charge in [-0.05, 0) is 44.0 Å². The van der Waals surface area contributed by atoms with Crippen LogP contribution in [0.2, 0.25) is 0 Å². The summed E-state index contributed by atoms with van der Waals surface area (Å²) < 4.78 is 0. The van der Waals surface area contributed by atoms with Crippen LogP contribution in [0.15, 0.2) is 24.4 Å². The average molecular weight is 275 g/mol. The summed E-state index contributed by atoms with van der Waals surface area (Å²) in [5, 5.41) is 3.71. The van der Waals surface area contributed by atoms with E-state index in [4.69, 9.17) is 0 Å². The van der Waals surface area contributed by atoms with E-state index in [0.717, 1.165) is 19.5 Å². The van der Waals surface area contributed by atoms with Crippen molar-refractivity contribution in [2.24, 2.45) is 5.41 Å². The summed E-state index contributed by atoms with van der Waals surface area (Å²) in [6, 6.07) is 7.42. The van der Waals surface area contributed by atoms with E-state index in [-0.39, 0.29) is 0 Å². The molecule has 112 valence electrons. The molecule has 0 aromatic carbocycles. The quantitative estimate of drug-likeness (QED) is 0.865. The third-order valence-electron chi connectivity index (χ3n) is 4.75. The van der Waals surface area contributed by atoms with E-state index >= 15 is 0 Å². The largest absolute Gasteiger partial charge is 0.312 e. The van der Waals surface area contributed by atoms with Gasteiger partial charge in [0.15, 0.2) is 0 Å². The molecule has 20 heavy (non-hydrogen) atoms. The van der Waals surface area contributed by atoms with E-state index in [1.54, 1.807) is 0 Å². The molecule has 2 unspecified atom stereocenters. The summed E-state index contributed by atoms with van der Waals surface area (Å²) in [5.41, 5.74) is 1.59. The van der Waals surface area contributed by atoms with Crippen LogP contribution in [0.1, 0.15) is 39.3 Å². The number of aromatic nitrogens is 1. The molecule has 0 radical (unpaired) electrons. The molecule has 3 nitrogen and oxygen atoms in total. The molecule has 0 bridgehead atoms. The molecule has 1 aliphatic rings. The highest BCUT2D eigenvalue weighted by Gasteiger charge is 2.42. The minimum Gasteiger partial charge on any atom is -0.312 e. The van der Waals surface area contributed by atoms with Crippen LogP contribution in [-0.2, 0) is 6.42 Å². The Morgan fingerprint density at radius 3 is 2.85 bits per heavy atom. The number of nitrogens with one attached hydrogen (secondary N) is 1. The Hall–Kier alpha value is -0.930. The number of pyridine rings is 1. The standard InChI is InChI=1S/C17H29N3/c1-5-18-16-15(9-11-17(16,2)3)20(4)13-10-14-8-6-7-12-19-14/h6-8,12,15-16,18H,5,9-11,13H2,1-4H3. The van der Waals surface area contributed by atoms with Gasteiger partial charge in [0.1, 0.15) is 0 Å². The summed E-state index contributed by atoms with van der Waals surface area (Å²) in [7, 11) is 2.26. The molecule has 2 rings (SSSR count). The van der Waals surface area contributed by atoms with Crippen molar-refractivity contribution in [2.75, 3.05) is 20.1 Å². The molecule has 1 aromatic heterocycles. The molecular formula is C17H29N3. The Balaban J connectivity index is 1.93. The second-order valence-corrected chi connectivity index (χ2v) is 6.68. The molecule has 1 heterocycles. The van der Waals surface area contributed by atoms with Crippen LogP contribution >= 0.6 is 0 Å². The Kier molecular flexibility index (Phi) is 5.17. The zero-order valence-electron chi connectivity index (χ0n) is 13.4. The van der Waals surface area contributed by atoms with Gasteiger partial charge < -0.3 is 10.2 Å². The minimum absolute atomic E-state index is 0.403. The van der Waals surface area contributed by atoms with Gasteiger partial charge in [-0.15, -0.1) is 0 Å². The molecule has 1 N–H and O–H groups in total. The predicted octanol–water partition coefficient (Wildman–Crippen LogP) is 2.72. The zero-order chi connectivity index (χ0) is 14.6. The second-order valence-electron chi connectivity index (χ2n) is 6.68. The van der Waals surface area contributed by atoms with Gasteiger partial charge in [0.25, 0.3) is 0 Å². The van der Waals surface area contributed by atoms with Crippen molar-refractivity contribution in [3.05, 3.63) is 30.1 Å². The molecule has 0 aliphatic heterocycles. The lowest BCUT2D eigenvalue weighted by molar-refractivity contribution is 0.173. The van der Waals surface area contributed by atoms with Crippen LogP contribution in [0, 0.1) is 5.41 Å². The summed E-state index contributed by atoms with van der Waals surface area (Å²) in [6.07, 6.45) is 5.52. The number of hydrogen-bond donors (Lipinski definition) is 1. The highest BCUT2D eigenvalue weighted by Crippen LogP contribution is 2.39. The van der Waals surface area contributed by atoms with Crippen molar-refractivity contribution in [3.8, 4) is 0 Å². The van der Waals surface area contributed by atoms with Crippen LogP contribution in [0.25, 0.3) is 0 Å². The highest BCUT2D eigenvalue weighted by atomic mass is 15.2. The molecule has 1 aromatic rings. The van der Waals surface area contributed by atoms with Crippen LogP contribution < -0.4 is 5.32 Å². The molecule has 0 saturated heterocycles. The number of rotatable bonds is 6. The number of nitrogens with zero attached hydrogens (tertiary/aromatic N) is 2. The van der Waals surface area contributed by atoms with Crippen molar-refractivity contribution in [3.63, 3.8) is 0 Å². The maximum Gasteiger partial charge on any atom is 0.0416 e. The first kappa shape index (κ1) is 15.5. The summed E-state index contributed by atoms with van der Waals surface area (Å²) in [4.78, 5) is 6.94. The Bertz CT molecular complexity index is 402. The smallest absolute Gasteiger partial charge is 0.0416 e. The predicted molar refractivity (Wildman–Crippen MR) is 84.8 cm³/mol. The fraction of sp³-hybridized carbons (Fsp3) is 0.706. The van der Waals surface area contributed by atoms with Gasteiger partial charge in [-0.1, -0.05) is 26.8 Å². The SMILES string of the molecule is CCNC1C(N(C)CCc2ccccn2)CCC1(C)C. The molecule has 1 fully saturated rings. The summed E-state index contributed by atoms with van der Waals surface area (Å²) >= 11 is 0. The molecule has 2 atom stereocenters. The van der Waals surface area contributed by atoms with Crippen molar-refractivity contribution in [1.82, 2.24) is 15.2 Å². The average Bonchev–Trinajstić information content (AvgIpc) is 2.74. The van der Waals surface area contributed by atoms with Crippen molar-refractivity contribution in [1.29, 1.82) is 0 Å². The lowest BCUT2D eigenvalue weighted by Crippen LogP contribution is -2.51. The van der Waals surface area contributed by atoms with Crippen LogP contribution in [0.4, 0.5) is 0 Å². The lowest BCUT2D eigenvalue weighted by atomic mass is 9.86. The zero-order valence-corrected chi connectivity index (χ0v) is 13.4. The van der Waals surface area contributed by atoms with Gasteiger partial charge >= 0.3 is 0 Å². The van der Waals surface area contributed by atoms with E-state index in [1.165, 1.54) is 18.5 Å². The summed E-state index contributed by atoms with van der Waals surface area (Å²) in [5.74, 6) is 0. The van der Waals surface area contributed by atoms with Crippen LogP contribution in [0.3, 0.4) is 0 Å². The van der Waals surface area contributed by atoms with Crippen molar-refractivity contribution < 1.29 is 0 Å². The Labute approximate surface area is 123 Å². The molecule has 0 amide bonds. The molecular weight excluding hydrogens is 246 g/mol. The second kappa shape index (κ2) is 6.68. The van der Waals surface area contributed by atoms with Crippen molar-refractivity contribution in [2.45, 2.75) is 52.1 Å². The summed E-state index contributed by atoms with van der Waals surface area (Å²) in [6.45, 7) is 9.14.